The maximum absolute atomic E-state index is 12.6. The Morgan fingerprint density at radius 2 is 1.63 bits per heavy atom. The van der Waals surface area contributed by atoms with Crippen molar-refractivity contribution in [3.05, 3.63) is 54.2 Å². The van der Waals surface area contributed by atoms with Crippen molar-refractivity contribution in [2.75, 3.05) is 0 Å². The molecule has 4 atom stereocenters. The number of imidazole rings is 1. The summed E-state index contributed by atoms with van der Waals surface area (Å²) in [5.74, 6) is -3.02. The number of nitrogens with zero attached hydrogens (tertiary/aromatic N) is 1. The number of hydrogen-bond donors (Lipinski definition) is 7. The van der Waals surface area contributed by atoms with E-state index < -0.39 is 47.9 Å². The molecule has 3 amide bonds. The fourth-order valence-corrected chi connectivity index (χ4v) is 3.53. The number of nitrogens with two attached hydrogens (primary N) is 1. The van der Waals surface area contributed by atoms with Crippen molar-refractivity contribution in [2.24, 2.45) is 5.73 Å². The van der Waals surface area contributed by atoms with Gasteiger partial charge in [0.25, 0.3) is 0 Å². The van der Waals surface area contributed by atoms with Crippen molar-refractivity contribution in [3.8, 4) is 0 Å². The van der Waals surface area contributed by atoms with E-state index in [0.717, 1.165) is 16.5 Å². The van der Waals surface area contributed by atoms with Gasteiger partial charge in [0.1, 0.15) is 18.1 Å². The SMILES string of the molecule is CC(NC(=O)C(N)Cc1cnc[nH]1)C(=O)NC(C)C(=O)NC(Cc1c[nH]c2ccccc12)C(=O)O. The number of aromatic amines is 2. The quantitative estimate of drug-likeness (QED) is 0.192. The van der Waals surface area contributed by atoms with Crippen LogP contribution in [0.2, 0.25) is 0 Å². The third kappa shape index (κ3) is 6.67. The first-order chi connectivity index (χ1) is 16.7. The molecule has 2 aromatic heterocycles. The molecule has 0 bridgehead atoms. The summed E-state index contributed by atoms with van der Waals surface area (Å²) >= 11 is 0. The smallest absolute Gasteiger partial charge is 0.326 e. The van der Waals surface area contributed by atoms with Crippen LogP contribution in [0, 0.1) is 0 Å². The molecule has 12 nitrogen and oxygen atoms in total. The molecule has 0 spiro atoms. The van der Waals surface area contributed by atoms with E-state index in [0.29, 0.717) is 5.69 Å². The Morgan fingerprint density at radius 1 is 0.971 bits per heavy atom. The average Bonchev–Trinajstić information content (AvgIpc) is 3.48. The highest BCUT2D eigenvalue weighted by atomic mass is 16.4. The van der Waals surface area contributed by atoms with E-state index in [1.807, 2.05) is 24.3 Å². The molecule has 3 aromatic rings. The Hall–Kier alpha value is -4.19. The molecule has 8 N–H and O–H groups in total. The zero-order valence-corrected chi connectivity index (χ0v) is 19.4. The van der Waals surface area contributed by atoms with Crippen LogP contribution in [0.1, 0.15) is 25.1 Å². The van der Waals surface area contributed by atoms with Gasteiger partial charge in [-0.15, -0.1) is 0 Å². The van der Waals surface area contributed by atoms with Crippen molar-refractivity contribution < 1.29 is 24.3 Å². The second-order valence-electron chi connectivity index (χ2n) is 8.31. The third-order valence-electron chi connectivity index (χ3n) is 5.55. The van der Waals surface area contributed by atoms with Crippen LogP contribution < -0.4 is 21.7 Å². The monoisotopic (exact) mass is 483 g/mol. The molecular formula is C23H29N7O5. The molecule has 0 aliphatic rings. The zero-order chi connectivity index (χ0) is 25.5. The van der Waals surface area contributed by atoms with Gasteiger partial charge < -0.3 is 36.8 Å². The molecule has 0 saturated carbocycles. The van der Waals surface area contributed by atoms with Gasteiger partial charge in [-0.25, -0.2) is 9.78 Å². The van der Waals surface area contributed by atoms with Crippen molar-refractivity contribution >= 4 is 34.6 Å². The number of carboxylic acid groups (broad SMARTS) is 1. The number of carbonyl (C=O) groups excluding carboxylic acids is 3. The first-order valence-corrected chi connectivity index (χ1v) is 11.1. The summed E-state index contributed by atoms with van der Waals surface area (Å²) in [6, 6.07) is 3.34. The van der Waals surface area contributed by atoms with E-state index in [4.69, 9.17) is 5.73 Å². The number of aromatic nitrogens is 3. The Labute approximate surface area is 201 Å². The Kier molecular flexibility index (Phi) is 8.21. The second kappa shape index (κ2) is 11.3. The topological polar surface area (TPSA) is 195 Å². The van der Waals surface area contributed by atoms with E-state index >= 15 is 0 Å². The van der Waals surface area contributed by atoms with Gasteiger partial charge in [0.2, 0.25) is 17.7 Å². The standard InChI is InChI=1S/C23H29N7O5/c1-12(29-22(33)17(24)8-15-10-25-11-27-15)20(31)28-13(2)21(32)30-19(23(34)35)7-14-9-26-18-6-4-3-5-16(14)18/h3-6,9-13,17,19,26H,7-8,24H2,1-2H3,(H,25,27)(H,28,31)(H,29,33)(H,30,32)(H,34,35). The molecule has 0 aliphatic heterocycles. The number of fused-ring (bicyclic) bond motifs is 1. The van der Waals surface area contributed by atoms with Crippen LogP contribution in [0.15, 0.2) is 43.0 Å². The number of rotatable bonds is 11. The van der Waals surface area contributed by atoms with Gasteiger partial charge in [-0.05, 0) is 25.5 Å². The van der Waals surface area contributed by atoms with Gasteiger partial charge >= 0.3 is 5.97 Å². The lowest BCUT2D eigenvalue weighted by atomic mass is 10.0. The molecule has 35 heavy (non-hydrogen) atoms. The summed E-state index contributed by atoms with van der Waals surface area (Å²) in [7, 11) is 0. The minimum absolute atomic E-state index is 0.0619. The maximum Gasteiger partial charge on any atom is 0.326 e. The highest BCUT2D eigenvalue weighted by Gasteiger charge is 2.27. The molecule has 0 fully saturated rings. The number of aliphatic carboxylic acids is 1. The van der Waals surface area contributed by atoms with Crippen molar-refractivity contribution in [1.29, 1.82) is 0 Å². The van der Waals surface area contributed by atoms with Gasteiger partial charge in [0.05, 0.1) is 12.4 Å². The van der Waals surface area contributed by atoms with Gasteiger partial charge in [-0.1, -0.05) is 18.2 Å². The van der Waals surface area contributed by atoms with E-state index in [1.165, 1.54) is 20.2 Å². The molecule has 0 saturated heterocycles. The number of benzene rings is 1. The Balaban J connectivity index is 1.52. The lowest BCUT2D eigenvalue weighted by Gasteiger charge is -2.21. The first-order valence-electron chi connectivity index (χ1n) is 11.1. The molecule has 2 heterocycles. The normalized spacial score (nSPS) is 14.5. The van der Waals surface area contributed by atoms with Crippen LogP contribution in [0.3, 0.4) is 0 Å². The number of H-pyrrole nitrogens is 2. The summed E-state index contributed by atoms with van der Waals surface area (Å²) in [5, 5.41) is 17.9. The van der Waals surface area contributed by atoms with Crippen molar-refractivity contribution in [3.63, 3.8) is 0 Å². The van der Waals surface area contributed by atoms with Gasteiger partial charge in [0, 0.05) is 41.8 Å². The molecule has 0 radical (unpaired) electrons. The highest BCUT2D eigenvalue weighted by Crippen LogP contribution is 2.19. The minimum Gasteiger partial charge on any atom is -0.480 e. The van der Waals surface area contributed by atoms with Gasteiger partial charge in [0.15, 0.2) is 0 Å². The number of nitrogens with one attached hydrogen (secondary N) is 5. The number of carboxylic acids is 1. The molecular weight excluding hydrogens is 454 g/mol. The summed E-state index contributed by atoms with van der Waals surface area (Å²) in [4.78, 5) is 58.9. The average molecular weight is 484 g/mol. The predicted octanol–water partition coefficient (Wildman–Crippen LogP) is -0.418. The summed E-state index contributed by atoms with van der Waals surface area (Å²) in [5.41, 5.74) is 8.15. The zero-order valence-electron chi connectivity index (χ0n) is 19.4. The lowest BCUT2D eigenvalue weighted by Crippen LogP contribution is -2.55. The molecule has 3 rings (SSSR count). The van der Waals surface area contributed by atoms with E-state index in [1.54, 1.807) is 12.4 Å². The van der Waals surface area contributed by atoms with Crippen molar-refractivity contribution in [1.82, 2.24) is 30.9 Å². The molecule has 12 heteroatoms. The predicted molar refractivity (Wildman–Crippen MR) is 127 cm³/mol. The number of amides is 3. The summed E-state index contributed by atoms with van der Waals surface area (Å²) in [6.45, 7) is 2.88. The number of para-hydroxylation sites is 1. The van der Waals surface area contributed by atoms with Crippen molar-refractivity contribution in [2.45, 2.75) is 50.9 Å². The number of carbonyl (C=O) groups is 4. The van der Waals surface area contributed by atoms with Gasteiger partial charge in [-0.3, -0.25) is 14.4 Å². The highest BCUT2D eigenvalue weighted by molar-refractivity contribution is 5.94. The second-order valence-corrected chi connectivity index (χ2v) is 8.31. The summed E-state index contributed by atoms with van der Waals surface area (Å²) in [6.07, 6.45) is 5.00. The fraction of sp³-hybridized carbons (Fsp3) is 0.348. The number of hydrogen-bond acceptors (Lipinski definition) is 6. The van der Waals surface area contributed by atoms with Crippen LogP contribution in [0.25, 0.3) is 10.9 Å². The maximum atomic E-state index is 12.6. The van der Waals surface area contributed by atoms with Crippen LogP contribution >= 0.6 is 0 Å². The minimum atomic E-state index is -1.20. The van der Waals surface area contributed by atoms with Crippen LogP contribution in [0.4, 0.5) is 0 Å². The van der Waals surface area contributed by atoms with Crippen LogP contribution in [-0.4, -0.2) is 67.9 Å². The molecule has 186 valence electrons. The Morgan fingerprint density at radius 3 is 2.29 bits per heavy atom. The Bertz CT molecular complexity index is 1190. The van der Waals surface area contributed by atoms with E-state index in [-0.39, 0.29) is 12.8 Å². The summed E-state index contributed by atoms with van der Waals surface area (Å²) < 4.78 is 0. The van der Waals surface area contributed by atoms with Crippen LogP contribution in [0.5, 0.6) is 0 Å². The lowest BCUT2D eigenvalue weighted by molar-refractivity contribution is -0.142. The van der Waals surface area contributed by atoms with Crippen LogP contribution in [-0.2, 0) is 32.0 Å². The van der Waals surface area contributed by atoms with E-state index in [9.17, 15) is 24.3 Å². The third-order valence-corrected chi connectivity index (χ3v) is 5.55. The first kappa shape index (κ1) is 25.4. The fourth-order valence-electron chi connectivity index (χ4n) is 3.53. The molecule has 0 aliphatic carbocycles. The van der Waals surface area contributed by atoms with Gasteiger partial charge in [-0.2, -0.15) is 0 Å². The van der Waals surface area contributed by atoms with E-state index in [2.05, 4.69) is 30.9 Å². The molecule has 4 unspecified atom stereocenters. The molecule has 1 aromatic carbocycles. The largest absolute Gasteiger partial charge is 0.480 e.